The van der Waals surface area contributed by atoms with Crippen LogP contribution in [-0.4, -0.2) is 17.1 Å². The van der Waals surface area contributed by atoms with E-state index in [1.54, 1.807) is 30.5 Å². The molecule has 0 radical (unpaired) electrons. The highest BCUT2D eigenvalue weighted by Gasteiger charge is 2.33. The second-order valence-corrected chi connectivity index (χ2v) is 12.3. The fourth-order valence-electron chi connectivity index (χ4n) is 5.33. The van der Waals surface area contributed by atoms with Crippen molar-refractivity contribution >= 4 is 57.4 Å². The molecule has 222 valence electrons. The van der Waals surface area contributed by atoms with E-state index in [0.29, 0.717) is 36.4 Å². The van der Waals surface area contributed by atoms with Crippen LogP contribution in [0.15, 0.2) is 99.9 Å². The molecule has 6 nitrogen and oxygen atoms in total. The summed E-state index contributed by atoms with van der Waals surface area (Å²) in [6, 6.07) is 24.4. The van der Waals surface area contributed by atoms with E-state index < -0.39 is 12.0 Å². The predicted molar refractivity (Wildman–Crippen MR) is 176 cm³/mol. The number of fused-ring (bicyclic) bond motifs is 2. The Kier molecular flexibility index (Phi) is 8.45. The van der Waals surface area contributed by atoms with Gasteiger partial charge in [-0.15, -0.1) is 0 Å². The number of carbonyl (C=O) groups is 1. The number of rotatable bonds is 7. The Hall–Kier alpha value is -4.17. The first kappa shape index (κ1) is 29.9. The molecule has 0 spiro atoms. The molecule has 2 heterocycles. The molecule has 0 saturated heterocycles. The number of ether oxygens (including phenoxy) is 2. The summed E-state index contributed by atoms with van der Waals surface area (Å²) in [6.45, 7) is 6.01. The van der Waals surface area contributed by atoms with Crippen molar-refractivity contribution in [3.8, 4) is 5.75 Å². The van der Waals surface area contributed by atoms with E-state index in [9.17, 15) is 9.59 Å². The molecule has 4 aromatic carbocycles. The van der Waals surface area contributed by atoms with Crippen LogP contribution in [-0.2, 0) is 16.1 Å². The topological polar surface area (TPSA) is 69.9 Å². The number of allylic oxidation sites excluding steroid dienone is 1. The van der Waals surface area contributed by atoms with Gasteiger partial charge in [-0.2, -0.15) is 0 Å². The molecule has 5 aromatic rings. The van der Waals surface area contributed by atoms with Gasteiger partial charge in [-0.05, 0) is 66.9 Å². The maximum absolute atomic E-state index is 14.2. The minimum absolute atomic E-state index is 0.215. The maximum atomic E-state index is 14.2. The van der Waals surface area contributed by atoms with Crippen LogP contribution in [0.1, 0.15) is 42.1 Å². The first-order valence-electron chi connectivity index (χ1n) is 14.1. The molecular formula is C35H28Cl2N2O4S. The lowest BCUT2D eigenvalue weighted by atomic mass is 9.95. The normalized spacial score (nSPS) is 14.8. The lowest BCUT2D eigenvalue weighted by molar-refractivity contribution is -0.139. The second-order valence-electron chi connectivity index (χ2n) is 10.4. The molecule has 1 aliphatic heterocycles. The van der Waals surface area contributed by atoms with Gasteiger partial charge in [0.05, 0.1) is 38.5 Å². The number of nitrogens with zero attached hydrogens (tertiary/aromatic N) is 2. The van der Waals surface area contributed by atoms with Crippen LogP contribution >= 0.6 is 34.5 Å². The first-order valence-corrected chi connectivity index (χ1v) is 15.7. The van der Waals surface area contributed by atoms with Crippen LogP contribution in [0.2, 0.25) is 10.0 Å². The molecule has 1 aliphatic rings. The van der Waals surface area contributed by atoms with E-state index in [0.717, 1.165) is 33.0 Å². The average molecular weight is 644 g/mol. The Labute approximate surface area is 268 Å². The van der Waals surface area contributed by atoms with E-state index in [1.807, 2.05) is 79.7 Å². The minimum atomic E-state index is -0.675. The third-order valence-electron chi connectivity index (χ3n) is 7.49. The molecule has 0 unspecified atom stereocenters. The van der Waals surface area contributed by atoms with Gasteiger partial charge in [0.1, 0.15) is 12.4 Å². The summed E-state index contributed by atoms with van der Waals surface area (Å²) in [7, 11) is 0. The molecule has 1 aromatic heterocycles. The van der Waals surface area contributed by atoms with Crippen molar-refractivity contribution in [2.75, 3.05) is 6.61 Å². The van der Waals surface area contributed by atoms with Crippen LogP contribution in [0.25, 0.3) is 16.8 Å². The van der Waals surface area contributed by atoms with Gasteiger partial charge < -0.3 is 9.47 Å². The fraction of sp³-hybridized carbons (Fsp3) is 0.171. The van der Waals surface area contributed by atoms with Gasteiger partial charge in [-0.1, -0.05) is 101 Å². The SMILES string of the molecule is CCOC(=O)C1=C(C)N=c2s/c(=C\c3c(OCc4ccc(Cl)c(Cl)c4)ccc4ccccc34)c(=O)n2[C@@H]1c1ccc(C)cc1. The number of aromatic nitrogens is 1. The molecule has 9 heteroatoms. The number of hydrogen-bond donors (Lipinski definition) is 0. The summed E-state index contributed by atoms with van der Waals surface area (Å²) in [5.41, 5.74) is 4.12. The number of halogens is 2. The number of benzene rings is 4. The summed E-state index contributed by atoms with van der Waals surface area (Å²) < 4.78 is 13.8. The molecule has 0 bridgehead atoms. The van der Waals surface area contributed by atoms with Crippen molar-refractivity contribution in [3.05, 3.63) is 142 Å². The molecular weight excluding hydrogens is 615 g/mol. The second kappa shape index (κ2) is 12.4. The number of esters is 1. The van der Waals surface area contributed by atoms with Crippen LogP contribution < -0.4 is 19.6 Å². The van der Waals surface area contributed by atoms with Crippen molar-refractivity contribution in [2.45, 2.75) is 33.4 Å². The zero-order chi connectivity index (χ0) is 31.0. The summed E-state index contributed by atoms with van der Waals surface area (Å²) in [4.78, 5) is 32.7. The van der Waals surface area contributed by atoms with Gasteiger partial charge in [0, 0.05) is 5.56 Å². The van der Waals surface area contributed by atoms with Crippen LogP contribution in [0.3, 0.4) is 0 Å². The number of aryl methyl sites for hydroxylation is 1. The summed E-state index contributed by atoms with van der Waals surface area (Å²) >= 11 is 13.6. The fourth-order valence-corrected chi connectivity index (χ4v) is 6.68. The van der Waals surface area contributed by atoms with Gasteiger partial charge in [-0.25, -0.2) is 9.79 Å². The average Bonchev–Trinajstić information content (AvgIpc) is 3.32. The number of hydrogen-bond acceptors (Lipinski definition) is 6. The van der Waals surface area contributed by atoms with Crippen molar-refractivity contribution < 1.29 is 14.3 Å². The third kappa shape index (κ3) is 5.71. The third-order valence-corrected chi connectivity index (χ3v) is 9.22. The van der Waals surface area contributed by atoms with Crippen LogP contribution in [0.5, 0.6) is 5.75 Å². The largest absolute Gasteiger partial charge is 0.488 e. The Balaban J connectivity index is 1.51. The van der Waals surface area contributed by atoms with E-state index in [2.05, 4.69) is 0 Å². The molecule has 0 fully saturated rings. The molecule has 0 aliphatic carbocycles. The zero-order valence-corrected chi connectivity index (χ0v) is 26.6. The monoisotopic (exact) mass is 642 g/mol. The Morgan fingerprint density at radius 1 is 1.00 bits per heavy atom. The van der Waals surface area contributed by atoms with Crippen molar-refractivity contribution in [2.24, 2.45) is 4.99 Å². The Bertz CT molecular complexity index is 2130. The summed E-state index contributed by atoms with van der Waals surface area (Å²) in [5, 5.41) is 2.87. The number of carbonyl (C=O) groups excluding carboxylic acids is 1. The van der Waals surface area contributed by atoms with E-state index >= 15 is 0 Å². The van der Waals surface area contributed by atoms with Crippen molar-refractivity contribution in [1.29, 1.82) is 0 Å². The van der Waals surface area contributed by atoms with E-state index in [1.165, 1.54) is 11.3 Å². The lowest BCUT2D eigenvalue weighted by Gasteiger charge is -2.24. The van der Waals surface area contributed by atoms with Gasteiger partial charge in [-0.3, -0.25) is 9.36 Å². The quantitative estimate of drug-likeness (QED) is 0.177. The van der Waals surface area contributed by atoms with Gasteiger partial charge in [0.2, 0.25) is 0 Å². The van der Waals surface area contributed by atoms with Gasteiger partial charge in [0.25, 0.3) is 5.56 Å². The molecule has 0 N–H and O–H groups in total. The molecule has 0 saturated carbocycles. The van der Waals surface area contributed by atoms with E-state index in [4.69, 9.17) is 37.7 Å². The van der Waals surface area contributed by atoms with Crippen LogP contribution in [0, 0.1) is 6.92 Å². The van der Waals surface area contributed by atoms with Crippen molar-refractivity contribution in [3.63, 3.8) is 0 Å². The molecule has 1 atom stereocenters. The maximum Gasteiger partial charge on any atom is 0.338 e. The molecule has 44 heavy (non-hydrogen) atoms. The molecule has 0 amide bonds. The zero-order valence-electron chi connectivity index (χ0n) is 24.3. The number of thiazole rings is 1. The standard InChI is InChI=1S/C35H28Cl2N2O4S/c1-4-42-34(41)31-21(3)38-35-39(32(31)24-12-9-20(2)10-13-24)33(40)30(44-35)18-26-25-8-6-5-7-23(25)14-16-29(26)43-19-22-11-15-27(36)28(37)17-22/h5-18,32H,4,19H2,1-3H3/b30-18-/t32-/m1/s1. The smallest absolute Gasteiger partial charge is 0.338 e. The molecule has 6 rings (SSSR count). The highest BCUT2D eigenvalue weighted by Crippen LogP contribution is 2.32. The summed E-state index contributed by atoms with van der Waals surface area (Å²) in [5.74, 6) is 0.125. The highest BCUT2D eigenvalue weighted by molar-refractivity contribution is 7.07. The highest BCUT2D eigenvalue weighted by atomic mass is 35.5. The first-order chi connectivity index (χ1) is 21.2. The minimum Gasteiger partial charge on any atom is -0.488 e. The Morgan fingerprint density at radius 3 is 2.52 bits per heavy atom. The Morgan fingerprint density at radius 2 is 1.77 bits per heavy atom. The van der Waals surface area contributed by atoms with Crippen molar-refractivity contribution in [1.82, 2.24) is 4.57 Å². The predicted octanol–water partition coefficient (Wildman–Crippen LogP) is 7.15. The van der Waals surface area contributed by atoms with E-state index in [-0.39, 0.29) is 18.8 Å². The van der Waals surface area contributed by atoms with Gasteiger partial charge >= 0.3 is 5.97 Å². The van der Waals surface area contributed by atoms with Gasteiger partial charge in [0.15, 0.2) is 4.80 Å². The summed E-state index contributed by atoms with van der Waals surface area (Å²) in [6.07, 6.45) is 1.85. The lowest BCUT2D eigenvalue weighted by Crippen LogP contribution is -2.39. The van der Waals surface area contributed by atoms with Crippen LogP contribution in [0.4, 0.5) is 0 Å².